The zero-order valence-corrected chi connectivity index (χ0v) is 10.1. The van der Waals surface area contributed by atoms with Crippen molar-refractivity contribution >= 4 is 17.2 Å². The van der Waals surface area contributed by atoms with E-state index in [4.69, 9.17) is 5.73 Å². The van der Waals surface area contributed by atoms with E-state index in [1.54, 1.807) is 23.5 Å². The van der Waals surface area contributed by atoms with Crippen LogP contribution in [0.2, 0.25) is 0 Å². The highest BCUT2D eigenvalue weighted by molar-refractivity contribution is 7.13. The van der Waals surface area contributed by atoms with Gasteiger partial charge >= 0.3 is 0 Å². The van der Waals surface area contributed by atoms with E-state index < -0.39 is 0 Å². The Kier molecular flexibility index (Phi) is 2.56. The van der Waals surface area contributed by atoms with E-state index in [-0.39, 0.29) is 5.82 Å². The van der Waals surface area contributed by atoms with Crippen LogP contribution in [0.15, 0.2) is 41.8 Å². The average Bonchev–Trinajstić information content (AvgIpc) is 2.99. The van der Waals surface area contributed by atoms with Crippen LogP contribution in [-0.2, 0) is 0 Å². The standard InChI is InChI=1S/C12H9FN4S/c13-8-3-5-9(6-4-8)17-12(14)11(15-16-17)10-2-1-7-18-10/h1-7H,14H2. The Morgan fingerprint density at radius 1 is 1.17 bits per heavy atom. The molecular formula is C12H9FN4S. The number of nitrogen functional groups attached to an aromatic ring is 1. The lowest BCUT2D eigenvalue weighted by Gasteiger charge is -2.02. The normalized spacial score (nSPS) is 10.7. The fraction of sp³-hybridized carbons (Fsp3) is 0. The Morgan fingerprint density at radius 2 is 1.94 bits per heavy atom. The highest BCUT2D eigenvalue weighted by atomic mass is 32.1. The number of aromatic nitrogens is 3. The third-order valence-corrected chi connectivity index (χ3v) is 3.41. The smallest absolute Gasteiger partial charge is 0.156 e. The zero-order valence-electron chi connectivity index (χ0n) is 9.25. The van der Waals surface area contributed by atoms with Gasteiger partial charge in [0.15, 0.2) is 5.82 Å². The van der Waals surface area contributed by atoms with E-state index in [9.17, 15) is 4.39 Å². The number of anilines is 1. The van der Waals surface area contributed by atoms with Crippen LogP contribution in [0.25, 0.3) is 16.3 Å². The van der Waals surface area contributed by atoms with Crippen LogP contribution >= 0.6 is 11.3 Å². The second-order valence-electron chi connectivity index (χ2n) is 3.69. The summed E-state index contributed by atoms with van der Waals surface area (Å²) in [4.78, 5) is 0.959. The molecule has 0 spiro atoms. The maximum Gasteiger partial charge on any atom is 0.156 e. The van der Waals surface area contributed by atoms with Crippen LogP contribution in [0.5, 0.6) is 0 Å². The van der Waals surface area contributed by atoms with Crippen molar-refractivity contribution in [2.24, 2.45) is 0 Å². The van der Waals surface area contributed by atoms with Crippen molar-refractivity contribution in [1.82, 2.24) is 15.0 Å². The maximum absolute atomic E-state index is 12.9. The lowest BCUT2D eigenvalue weighted by atomic mass is 10.3. The molecule has 0 bridgehead atoms. The highest BCUT2D eigenvalue weighted by Gasteiger charge is 2.13. The van der Waals surface area contributed by atoms with E-state index in [1.165, 1.54) is 16.8 Å². The zero-order chi connectivity index (χ0) is 12.5. The van der Waals surface area contributed by atoms with Crippen LogP contribution in [0.1, 0.15) is 0 Å². The lowest BCUT2D eigenvalue weighted by Crippen LogP contribution is -2.02. The van der Waals surface area contributed by atoms with Gasteiger partial charge in [-0.25, -0.2) is 4.39 Å². The molecule has 90 valence electrons. The maximum atomic E-state index is 12.9. The van der Waals surface area contributed by atoms with Gasteiger partial charge in [0.1, 0.15) is 11.5 Å². The molecule has 0 aliphatic rings. The molecule has 0 saturated heterocycles. The summed E-state index contributed by atoms with van der Waals surface area (Å²) in [6, 6.07) is 9.80. The molecule has 2 N–H and O–H groups in total. The molecule has 3 rings (SSSR count). The number of rotatable bonds is 2. The van der Waals surface area contributed by atoms with Crippen LogP contribution < -0.4 is 5.73 Å². The van der Waals surface area contributed by atoms with Crippen LogP contribution in [-0.4, -0.2) is 15.0 Å². The number of thiophene rings is 1. The molecule has 0 fully saturated rings. The summed E-state index contributed by atoms with van der Waals surface area (Å²) in [7, 11) is 0. The average molecular weight is 260 g/mol. The molecule has 0 aliphatic heterocycles. The number of hydrogen-bond acceptors (Lipinski definition) is 4. The topological polar surface area (TPSA) is 56.7 Å². The Hall–Kier alpha value is -2.21. The predicted octanol–water partition coefficient (Wildman–Crippen LogP) is 2.72. The minimum Gasteiger partial charge on any atom is -0.382 e. The van der Waals surface area contributed by atoms with E-state index >= 15 is 0 Å². The van der Waals surface area contributed by atoms with E-state index in [1.807, 2.05) is 17.5 Å². The second kappa shape index (κ2) is 4.23. The monoisotopic (exact) mass is 260 g/mol. The quantitative estimate of drug-likeness (QED) is 0.770. The minimum atomic E-state index is -0.295. The van der Waals surface area contributed by atoms with Gasteiger partial charge < -0.3 is 5.73 Å². The predicted molar refractivity (Wildman–Crippen MR) is 69.0 cm³/mol. The second-order valence-corrected chi connectivity index (χ2v) is 4.64. The summed E-state index contributed by atoms with van der Waals surface area (Å²) >= 11 is 1.55. The molecule has 6 heteroatoms. The van der Waals surface area contributed by atoms with Gasteiger partial charge in [0.25, 0.3) is 0 Å². The molecule has 2 heterocycles. The van der Waals surface area contributed by atoms with Crippen molar-refractivity contribution in [2.75, 3.05) is 5.73 Å². The first kappa shape index (κ1) is 10.9. The summed E-state index contributed by atoms with van der Waals surface area (Å²) in [6.07, 6.45) is 0. The summed E-state index contributed by atoms with van der Waals surface area (Å²) < 4.78 is 14.4. The number of hydrogen-bond donors (Lipinski definition) is 1. The summed E-state index contributed by atoms with van der Waals surface area (Å²) in [6.45, 7) is 0. The third-order valence-electron chi connectivity index (χ3n) is 2.53. The van der Waals surface area contributed by atoms with Crippen molar-refractivity contribution in [3.8, 4) is 16.3 Å². The summed E-state index contributed by atoms with van der Waals surface area (Å²) in [5.41, 5.74) is 7.35. The Morgan fingerprint density at radius 3 is 2.61 bits per heavy atom. The molecule has 4 nitrogen and oxygen atoms in total. The molecule has 0 atom stereocenters. The van der Waals surface area contributed by atoms with Gasteiger partial charge in [0, 0.05) is 0 Å². The first-order chi connectivity index (χ1) is 8.75. The molecule has 3 aromatic rings. The molecule has 2 aromatic heterocycles. The molecule has 0 saturated carbocycles. The molecule has 0 unspecified atom stereocenters. The van der Waals surface area contributed by atoms with Gasteiger partial charge in [-0.2, -0.15) is 4.68 Å². The molecule has 0 aliphatic carbocycles. The number of halogens is 1. The minimum absolute atomic E-state index is 0.295. The van der Waals surface area contributed by atoms with Crippen molar-refractivity contribution < 1.29 is 4.39 Å². The van der Waals surface area contributed by atoms with Crippen LogP contribution in [0, 0.1) is 5.82 Å². The van der Waals surface area contributed by atoms with Gasteiger partial charge in [-0.05, 0) is 35.7 Å². The van der Waals surface area contributed by atoms with Gasteiger partial charge in [0.05, 0.1) is 10.6 Å². The number of nitrogens with zero attached hydrogens (tertiary/aromatic N) is 3. The number of benzene rings is 1. The third kappa shape index (κ3) is 1.76. The first-order valence-electron chi connectivity index (χ1n) is 5.27. The van der Waals surface area contributed by atoms with E-state index in [2.05, 4.69) is 10.3 Å². The largest absolute Gasteiger partial charge is 0.382 e. The van der Waals surface area contributed by atoms with Gasteiger partial charge in [-0.15, -0.1) is 16.4 Å². The molecule has 1 aromatic carbocycles. The van der Waals surface area contributed by atoms with E-state index in [0.29, 0.717) is 17.2 Å². The SMILES string of the molecule is Nc1c(-c2cccs2)nnn1-c1ccc(F)cc1. The van der Waals surface area contributed by atoms with Crippen LogP contribution in [0.4, 0.5) is 10.2 Å². The van der Waals surface area contributed by atoms with Gasteiger partial charge in [0.2, 0.25) is 0 Å². The fourth-order valence-corrected chi connectivity index (χ4v) is 2.37. The highest BCUT2D eigenvalue weighted by Crippen LogP contribution is 2.28. The van der Waals surface area contributed by atoms with Crippen molar-refractivity contribution in [3.05, 3.63) is 47.6 Å². The Balaban J connectivity index is 2.07. The summed E-state index contributed by atoms with van der Waals surface area (Å²) in [5.74, 6) is 0.153. The molecule has 0 radical (unpaired) electrons. The Bertz CT molecular complexity index is 658. The molecule has 0 amide bonds. The van der Waals surface area contributed by atoms with Crippen LogP contribution in [0.3, 0.4) is 0 Å². The van der Waals surface area contributed by atoms with Gasteiger partial charge in [-0.1, -0.05) is 11.3 Å². The number of nitrogens with two attached hydrogens (primary N) is 1. The lowest BCUT2D eigenvalue weighted by molar-refractivity contribution is 0.627. The molecular weight excluding hydrogens is 251 g/mol. The molecule has 18 heavy (non-hydrogen) atoms. The van der Waals surface area contributed by atoms with Crippen molar-refractivity contribution in [3.63, 3.8) is 0 Å². The van der Waals surface area contributed by atoms with Crippen molar-refractivity contribution in [2.45, 2.75) is 0 Å². The van der Waals surface area contributed by atoms with Crippen molar-refractivity contribution in [1.29, 1.82) is 0 Å². The summed E-state index contributed by atoms with van der Waals surface area (Å²) in [5, 5.41) is 10.0. The fourth-order valence-electron chi connectivity index (χ4n) is 1.65. The Labute approximate surface area is 106 Å². The van der Waals surface area contributed by atoms with E-state index in [0.717, 1.165) is 4.88 Å². The van der Waals surface area contributed by atoms with Gasteiger partial charge in [-0.3, -0.25) is 0 Å². The first-order valence-corrected chi connectivity index (χ1v) is 6.14.